The van der Waals surface area contributed by atoms with Crippen LogP contribution in [-0.2, 0) is 0 Å². The molecule has 0 spiro atoms. The van der Waals surface area contributed by atoms with Crippen LogP contribution in [0.15, 0.2) is 36.5 Å². The molecule has 2 N–H and O–H groups in total. The highest BCUT2D eigenvalue weighted by molar-refractivity contribution is 5.70. The molecule has 0 fully saturated rings. The van der Waals surface area contributed by atoms with Crippen LogP contribution >= 0.6 is 0 Å². The Balaban J connectivity index is 2.34. The van der Waals surface area contributed by atoms with Crippen molar-refractivity contribution in [3.05, 3.63) is 47.7 Å². The number of benzene rings is 1. The number of pyridine rings is 1. The summed E-state index contributed by atoms with van der Waals surface area (Å²) in [6.07, 6.45) is 2.01. The van der Waals surface area contributed by atoms with Gasteiger partial charge in [-0.05, 0) is 31.0 Å². The Morgan fingerprint density at radius 1 is 1.11 bits per heavy atom. The number of nitrogens with zero attached hydrogens (tertiary/aromatic N) is 3. The molecule has 0 aliphatic heterocycles. The minimum atomic E-state index is 0.655. The lowest BCUT2D eigenvalue weighted by atomic mass is 10.1. The molecule has 0 saturated heterocycles. The van der Waals surface area contributed by atoms with E-state index < -0.39 is 0 Å². The number of nitrogen functional groups attached to an aromatic ring is 1. The molecule has 18 heavy (non-hydrogen) atoms. The molecule has 3 aromatic rings. The maximum absolute atomic E-state index is 5.96. The standard InChI is InChI=1S/C14H14N4/c1-9-7-12(15)14-17-16-13(18(14)8-9)11-6-4-3-5-10(11)2/h3-8H,15H2,1-2H3. The van der Waals surface area contributed by atoms with Crippen molar-refractivity contribution in [2.75, 3.05) is 5.73 Å². The highest BCUT2D eigenvalue weighted by Gasteiger charge is 2.11. The van der Waals surface area contributed by atoms with Gasteiger partial charge in [-0.2, -0.15) is 0 Å². The first-order valence-electron chi connectivity index (χ1n) is 5.83. The molecule has 4 nitrogen and oxygen atoms in total. The molecular formula is C14H14N4. The van der Waals surface area contributed by atoms with Crippen molar-refractivity contribution < 1.29 is 0 Å². The largest absolute Gasteiger partial charge is 0.396 e. The fourth-order valence-electron chi connectivity index (χ4n) is 2.17. The molecule has 0 radical (unpaired) electrons. The minimum absolute atomic E-state index is 0.655. The van der Waals surface area contributed by atoms with Gasteiger partial charge in [-0.25, -0.2) is 0 Å². The number of nitrogens with two attached hydrogens (primary N) is 1. The first-order valence-corrected chi connectivity index (χ1v) is 5.83. The molecular weight excluding hydrogens is 224 g/mol. The van der Waals surface area contributed by atoms with Crippen LogP contribution in [0.3, 0.4) is 0 Å². The average Bonchev–Trinajstić information content (AvgIpc) is 2.73. The van der Waals surface area contributed by atoms with Crippen LogP contribution in [0.5, 0.6) is 0 Å². The minimum Gasteiger partial charge on any atom is -0.396 e. The topological polar surface area (TPSA) is 56.2 Å². The Kier molecular flexibility index (Phi) is 2.30. The van der Waals surface area contributed by atoms with Crippen molar-refractivity contribution in [2.45, 2.75) is 13.8 Å². The second-order valence-electron chi connectivity index (χ2n) is 4.50. The highest BCUT2D eigenvalue weighted by Crippen LogP contribution is 2.24. The molecule has 0 saturated carbocycles. The summed E-state index contributed by atoms with van der Waals surface area (Å²) >= 11 is 0. The van der Waals surface area contributed by atoms with Gasteiger partial charge in [0.05, 0.1) is 5.69 Å². The zero-order valence-corrected chi connectivity index (χ0v) is 10.4. The van der Waals surface area contributed by atoms with Crippen LogP contribution in [0.1, 0.15) is 11.1 Å². The summed E-state index contributed by atoms with van der Waals surface area (Å²) in [6.45, 7) is 4.08. The molecule has 90 valence electrons. The summed E-state index contributed by atoms with van der Waals surface area (Å²) in [4.78, 5) is 0. The van der Waals surface area contributed by atoms with E-state index >= 15 is 0 Å². The fourth-order valence-corrected chi connectivity index (χ4v) is 2.17. The molecule has 0 unspecified atom stereocenters. The number of hydrogen-bond donors (Lipinski definition) is 1. The second-order valence-corrected chi connectivity index (χ2v) is 4.50. The number of aryl methyl sites for hydroxylation is 2. The van der Waals surface area contributed by atoms with Gasteiger partial charge >= 0.3 is 0 Å². The zero-order chi connectivity index (χ0) is 12.7. The van der Waals surface area contributed by atoms with Gasteiger partial charge < -0.3 is 5.73 Å². The first-order chi connectivity index (χ1) is 8.66. The van der Waals surface area contributed by atoms with E-state index in [9.17, 15) is 0 Å². The summed E-state index contributed by atoms with van der Waals surface area (Å²) in [5.74, 6) is 0.832. The third kappa shape index (κ3) is 1.54. The SMILES string of the molecule is Cc1cc(N)c2nnc(-c3ccccc3C)n2c1. The van der Waals surface area contributed by atoms with Crippen molar-refractivity contribution in [1.29, 1.82) is 0 Å². The Labute approximate surface area is 105 Å². The summed E-state index contributed by atoms with van der Waals surface area (Å²) in [7, 11) is 0. The van der Waals surface area contributed by atoms with Crippen molar-refractivity contribution in [3.8, 4) is 11.4 Å². The summed E-state index contributed by atoms with van der Waals surface area (Å²) in [5.41, 5.74) is 10.7. The molecule has 0 atom stereocenters. The Bertz CT molecular complexity index is 728. The van der Waals surface area contributed by atoms with Gasteiger partial charge in [-0.15, -0.1) is 10.2 Å². The second kappa shape index (κ2) is 3.84. The lowest BCUT2D eigenvalue weighted by molar-refractivity contribution is 1.10. The van der Waals surface area contributed by atoms with Crippen LogP contribution in [0.2, 0.25) is 0 Å². The number of hydrogen-bond acceptors (Lipinski definition) is 3. The average molecular weight is 238 g/mol. The monoisotopic (exact) mass is 238 g/mol. The maximum atomic E-state index is 5.96. The van der Waals surface area contributed by atoms with Crippen LogP contribution < -0.4 is 5.73 Å². The molecule has 4 heteroatoms. The molecule has 0 bridgehead atoms. The highest BCUT2D eigenvalue weighted by atomic mass is 15.3. The third-order valence-corrected chi connectivity index (χ3v) is 3.06. The van der Waals surface area contributed by atoms with E-state index in [0.29, 0.717) is 11.3 Å². The van der Waals surface area contributed by atoms with Crippen LogP contribution in [0, 0.1) is 13.8 Å². The number of rotatable bonds is 1. The van der Waals surface area contributed by atoms with E-state index in [1.807, 2.05) is 41.8 Å². The molecule has 2 aromatic heterocycles. The molecule has 1 aromatic carbocycles. The van der Waals surface area contributed by atoms with Crippen LogP contribution in [0.4, 0.5) is 5.69 Å². The van der Waals surface area contributed by atoms with Crippen LogP contribution in [0.25, 0.3) is 17.0 Å². The fraction of sp³-hybridized carbons (Fsp3) is 0.143. The number of fused-ring (bicyclic) bond motifs is 1. The predicted molar refractivity (Wildman–Crippen MR) is 72.3 cm³/mol. The summed E-state index contributed by atoms with van der Waals surface area (Å²) in [6, 6.07) is 10.0. The quantitative estimate of drug-likeness (QED) is 0.709. The molecule has 0 amide bonds. The van der Waals surface area contributed by atoms with Gasteiger partial charge in [-0.3, -0.25) is 4.40 Å². The summed E-state index contributed by atoms with van der Waals surface area (Å²) < 4.78 is 1.95. The lowest BCUT2D eigenvalue weighted by Gasteiger charge is -2.05. The molecule has 3 rings (SSSR count). The Morgan fingerprint density at radius 2 is 1.89 bits per heavy atom. The van der Waals surface area contributed by atoms with E-state index in [4.69, 9.17) is 5.73 Å². The van der Waals surface area contributed by atoms with Crippen molar-refractivity contribution >= 4 is 11.3 Å². The van der Waals surface area contributed by atoms with Crippen molar-refractivity contribution in [3.63, 3.8) is 0 Å². The van der Waals surface area contributed by atoms with E-state index in [-0.39, 0.29) is 0 Å². The van der Waals surface area contributed by atoms with Gasteiger partial charge in [0.25, 0.3) is 0 Å². The van der Waals surface area contributed by atoms with Gasteiger partial charge in [0.15, 0.2) is 11.5 Å². The third-order valence-electron chi connectivity index (χ3n) is 3.06. The van der Waals surface area contributed by atoms with Gasteiger partial charge in [0.2, 0.25) is 0 Å². The Hall–Kier alpha value is -2.36. The smallest absolute Gasteiger partial charge is 0.184 e. The van der Waals surface area contributed by atoms with Gasteiger partial charge in [-0.1, -0.05) is 24.3 Å². The molecule has 0 aliphatic rings. The Morgan fingerprint density at radius 3 is 2.67 bits per heavy atom. The normalized spacial score (nSPS) is 11.0. The van der Waals surface area contributed by atoms with E-state index in [2.05, 4.69) is 23.2 Å². The zero-order valence-electron chi connectivity index (χ0n) is 10.4. The number of aromatic nitrogens is 3. The molecule has 0 aliphatic carbocycles. The summed E-state index contributed by atoms with van der Waals surface area (Å²) in [5, 5.41) is 8.43. The van der Waals surface area contributed by atoms with E-state index in [1.165, 1.54) is 5.56 Å². The van der Waals surface area contributed by atoms with Crippen molar-refractivity contribution in [1.82, 2.24) is 14.6 Å². The van der Waals surface area contributed by atoms with Crippen LogP contribution in [-0.4, -0.2) is 14.6 Å². The van der Waals surface area contributed by atoms with E-state index in [0.717, 1.165) is 17.0 Å². The number of anilines is 1. The predicted octanol–water partition coefficient (Wildman–Crippen LogP) is 2.60. The van der Waals surface area contributed by atoms with Gasteiger partial charge in [0, 0.05) is 11.8 Å². The lowest BCUT2D eigenvalue weighted by Crippen LogP contribution is -1.96. The van der Waals surface area contributed by atoms with Gasteiger partial charge in [0.1, 0.15) is 0 Å². The molecule has 2 heterocycles. The van der Waals surface area contributed by atoms with E-state index in [1.54, 1.807) is 0 Å². The first kappa shape index (κ1) is 10.8. The van der Waals surface area contributed by atoms with Crippen molar-refractivity contribution in [2.24, 2.45) is 0 Å². The maximum Gasteiger partial charge on any atom is 0.184 e.